The molecule has 0 unspecified atom stereocenters. The maximum absolute atomic E-state index is 12.9. The lowest BCUT2D eigenvalue weighted by Crippen LogP contribution is -2.28. The summed E-state index contributed by atoms with van der Waals surface area (Å²) >= 11 is 7.66. The topological polar surface area (TPSA) is 101 Å². The number of nitrogens with zero attached hydrogens (tertiary/aromatic N) is 3. The summed E-state index contributed by atoms with van der Waals surface area (Å²) in [6.45, 7) is 2.70. The number of rotatable bonds is 9. The Kier molecular flexibility index (Phi) is 7.29. The van der Waals surface area contributed by atoms with Gasteiger partial charge < -0.3 is 20.5 Å². The van der Waals surface area contributed by atoms with Crippen molar-refractivity contribution in [1.29, 1.82) is 0 Å². The van der Waals surface area contributed by atoms with E-state index in [0.29, 0.717) is 54.2 Å². The fourth-order valence-electron chi connectivity index (χ4n) is 2.87. The summed E-state index contributed by atoms with van der Waals surface area (Å²) in [7, 11) is 1.70. The van der Waals surface area contributed by atoms with Gasteiger partial charge in [0.1, 0.15) is 10.8 Å². The van der Waals surface area contributed by atoms with E-state index in [1.165, 1.54) is 0 Å². The molecule has 0 fully saturated rings. The number of aliphatic hydroxyl groups is 1. The Morgan fingerprint density at radius 3 is 2.97 bits per heavy atom. The van der Waals surface area contributed by atoms with E-state index in [9.17, 15) is 4.79 Å². The minimum absolute atomic E-state index is 0.00755. The number of carbonyl (C=O) groups is 1. The van der Waals surface area contributed by atoms with Crippen molar-refractivity contribution in [3.05, 3.63) is 44.7 Å². The zero-order valence-electron chi connectivity index (χ0n) is 16.4. The third-order valence-corrected chi connectivity index (χ3v) is 5.38. The number of ether oxygens (including phenoxy) is 1. The SMILES string of the molecule is CNc1nc(OC2=CC(Cl)=CCC2)n(Cc2ncc(C)s2)c1C(=O)NCCCO. The first-order valence-electron chi connectivity index (χ1n) is 9.34. The number of halogens is 1. The van der Waals surface area contributed by atoms with Crippen LogP contribution in [-0.2, 0) is 6.54 Å². The number of hydrogen-bond acceptors (Lipinski definition) is 7. The van der Waals surface area contributed by atoms with Gasteiger partial charge in [0, 0.05) is 42.7 Å². The van der Waals surface area contributed by atoms with E-state index in [-0.39, 0.29) is 12.5 Å². The van der Waals surface area contributed by atoms with Crippen molar-refractivity contribution in [2.75, 3.05) is 25.5 Å². The van der Waals surface area contributed by atoms with E-state index in [2.05, 4.69) is 20.6 Å². The number of thiazole rings is 1. The van der Waals surface area contributed by atoms with Crippen molar-refractivity contribution in [2.24, 2.45) is 0 Å². The van der Waals surface area contributed by atoms with Crippen LogP contribution in [0.3, 0.4) is 0 Å². The number of imidazole rings is 1. The molecule has 0 spiro atoms. The fraction of sp³-hybridized carbons (Fsp3) is 0.421. The molecule has 156 valence electrons. The molecule has 29 heavy (non-hydrogen) atoms. The van der Waals surface area contributed by atoms with Gasteiger partial charge in [-0.1, -0.05) is 17.7 Å². The number of allylic oxidation sites excluding steroid dienone is 4. The minimum atomic E-state index is -0.297. The second-order valence-corrected chi connectivity index (χ2v) is 8.22. The molecule has 1 aliphatic rings. The van der Waals surface area contributed by atoms with Gasteiger partial charge in [-0.3, -0.25) is 9.36 Å². The largest absolute Gasteiger partial charge is 0.430 e. The normalized spacial score (nSPS) is 13.7. The third kappa shape index (κ3) is 5.37. The number of anilines is 1. The molecule has 0 radical (unpaired) electrons. The van der Waals surface area contributed by atoms with Gasteiger partial charge in [0.25, 0.3) is 5.91 Å². The highest BCUT2D eigenvalue weighted by Crippen LogP contribution is 2.29. The molecule has 2 aromatic heterocycles. The molecular weight excluding hydrogens is 414 g/mol. The van der Waals surface area contributed by atoms with Crippen molar-refractivity contribution in [3.63, 3.8) is 0 Å². The average Bonchev–Trinajstić information content (AvgIpc) is 3.25. The van der Waals surface area contributed by atoms with Gasteiger partial charge >= 0.3 is 6.01 Å². The van der Waals surface area contributed by atoms with E-state index in [0.717, 1.165) is 16.3 Å². The molecule has 1 aliphatic carbocycles. The van der Waals surface area contributed by atoms with Crippen molar-refractivity contribution in [2.45, 2.75) is 32.7 Å². The van der Waals surface area contributed by atoms with Crippen LogP contribution in [0.2, 0.25) is 0 Å². The summed E-state index contributed by atoms with van der Waals surface area (Å²) in [6, 6.07) is 0.298. The smallest absolute Gasteiger partial charge is 0.304 e. The predicted octanol–water partition coefficient (Wildman–Crippen LogP) is 3.03. The van der Waals surface area contributed by atoms with Crippen LogP contribution in [0.15, 0.2) is 29.1 Å². The molecule has 0 saturated heterocycles. The average molecular weight is 438 g/mol. The Hall–Kier alpha value is -2.36. The van der Waals surface area contributed by atoms with Gasteiger partial charge in [0.2, 0.25) is 0 Å². The van der Waals surface area contributed by atoms with Crippen LogP contribution in [0.25, 0.3) is 0 Å². The number of amides is 1. The van der Waals surface area contributed by atoms with Crippen LogP contribution in [0.5, 0.6) is 6.01 Å². The zero-order valence-corrected chi connectivity index (χ0v) is 17.9. The Balaban J connectivity index is 1.97. The highest BCUT2D eigenvalue weighted by Gasteiger charge is 2.25. The number of nitrogens with one attached hydrogen (secondary N) is 2. The van der Waals surface area contributed by atoms with Crippen molar-refractivity contribution in [1.82, 2.24) is 19.9 Å². The van der Waals surface area contributed by atoms with Crippen molar-refractivity contribution < 1.29 is 14.6 Å². The maximum Gasteiger partial charge on any atom is 0.304 e. The molecule has 0 aromatic carbocycles. The van der Waals surface area contributed by atoms with Crippen LogP contribution >= 0.6 is 22.9 Å². The first kappa shape index (κ1) is 21.4. The second-order valence-electron chi connectivity index (χ2n) is 6.47. The molecule has 0 aliphatic heterocycles. The molecule has 10 heteroatoms. The number of carbonyl (C=O) groups excluding carboxylic acids is 1. The summed E-state index contributed by atoms with van der Waals surface area (Å²) in [5.41, 5.74) is 0.353. The monoisotopic (exact) mass is 437 g/mol. The first-order chi connectivity index (χ1) is 14.0. The summed E-state index contributed by atoms with van der Waals surface area (Å²) < 4.78 is 7.75. The summed E-state index contributed by atoms with van der Waals surface area (Å²) in [6.07, 6.45) is 7.44. The molecule has 2 aromatic rings. The van der Waals surface area contributed by atoms with Gasteiger partial charge in [-0.05, 0) is 25.8 Å². The Morgan fingerprint density at radius 1 is 1.48 bits per heavy atom. The fourth-order valence-corrected chi connectivity index (χ4v) is 3.88. The van der Waals surface area contributed by atoms with Crippen LogP contribution in [0.4, 0.5) is 5.82 Å². The zero-order chi connectivity index (χ0) is 20.8. The highest BCUT2D eigenvalue weighted by molar-refractivity contribution is 7.11. The van der Waals surface area contributed by atoms with Crippen molar-refractivity contribution in [3.8, 4) is 6.01 Å². The molecule has 0 bridgehead atoms. The van der Waals surface area contributed by atoms with Gasteiger partial charge in [-0.25, -0.2) is 4.98 Å². The third-order valence-electron chi connectivity index (χ3n) is 4.22. The second kappa shape index (κ2) is 9.91. The number of aryl methyl sites for hydroxylation is 1. The lowest BCUT2D eigenvalue weighted by molar-refractivity contribution is 0.0942. The Labute approximate surface area is 178 Å². The van der Waals surface area contributed by atoms with Gasteiger partial charge in [-0.15, -0.1) is 11.3 Å². The van der Waals surface area contributed by atoms with E-state index in [4.69, 9.17) is 21.4 Å². The van der Waals surface area contributed by atoms with Crippen LogP contribution in [0.1, 0.15) is 39.6 Å². The van der Waals surface area contributed by atoms with E-state index in [1.54, 1.807) is 35.2 Å². The molecule has 3 N–H and O–H groups in total. The molecule has 0 atom stereocenters. The Bertz CT molecular complexity index is 934. The first-order valence-corrected chi connectivity index (χ1v) is 10.5. The molecule has 3 rings (SSSR count). The molecule has 1 amide bonds. The lowest BCUT2D eigenvalue weighted by atomic mass is 10.2. The lowest BCUT2D eigenvalue weighted by Gasteiger charge is -2.14. The van der Waals surface area contributed by atoms with E-state index in [1.807, 2.05) is 13.0 Å². The molecule has 0 saturated carbocycles. The van der Waals surface area contributed by atoms with Crippen LogP contribution in [0, 0.1) is 6.92 Å². The van der Waals surface area contributed by atoms with Crippen molar-refractivity contribution >= 4 is 34.7 Å². The van der Waals surface area contributed by atoms with Gasteiger partial charge in [0.15, 0.2) is 11.5 Å². The summed E-state index contributed by atoms with van der Waals surface area (Å²) in [5, 5.41) is 16.2. The Morgan fingerprint density at radius 2 is 2.31 bits per heavy atom. The number of hydrogen-bond donors (Lipinski definition) is 3. The standard InChI is InChI=1S/C19H24ClN5O3S/c1-12-10-23-15(29-12)11-25-16(18(27)22-7-4-8-26)17(21-2)24-19(25)28-14-6-3-5-13(20)9-14/h5,9-10,21,26H,3-4,6-8,11H2,1-2H3,(H,22,27). The van der Waals surface area contributed by atoms with Gasteiger partial charge in [0.05, 0.1) is 6.54 Å². The summed E-state index contributed by atoms with van der Waals surface area (Å²) in [4.78, 5) is 22.8. The quantitative estimate of drug-likeness (QED) is 0.521. The maximum atomic E-state index is 12.9. The minimum Gasteiger partial charge on any atom is -0.430 e. The van der Waals surface area contributed by atoms with Crippen LogP contribution < -0.4 is 15.4 Å². The molecular formula is C19H24ClN5O3S. The van der Waals surface area contributed by atoms with E-state index < -0.39 is 0 Å². The molecule has 8 nitrogen and oxygen atoms in total. The highest BCUT2D eigenvalue weighted by atomic mass is 35.5. The van der Waals surface area contributed by atoms with Gasteiger partial charge in [-0.2, -0.15) is 4.98 Å². The van der Waals surface area contributed by atoms with E-state index >= 15 is 0 Å². The summed E-state index contributed by atoms with van der Waals surface area (Å²) in [5.74, 6) is 0.802. The predicted molar refractivity (Wildman–Crippen MR) is 114 cm³/mol. The number of aromatic nitrogens is 3. The molecule has 2 heterocycles. The van der Waals surface area contributed by atoms with Crippen LogP contribution in [-0.4, -0.2) is 45.7 Å². The number of aliphatic hydroxyl groups excluding tert-OH is 1.